The molecule has 4 nitrogen and oxygen atoms in total. The maximum absolute atomic E-state index is 4.37. The maximum atomic E-state index is 4.37. The van der Waals surface area contributed by atoms with Crippen LogP contribution in [0.2, 0.25) is 0 Å². The van der Waals surface area contributed by atoms with Crippen LogP contribution in [0.1, 0.15) is 11.1 Å². The number of thioether (sulfide) groups is 2. The van der Waals surface area contributed by atoms with Crippen molar-refractivity contribution < 1.29 is 0 Å². The first-order valence-corrected chi connectivity index (χ1v) is 11.2. The van der Waals surface area contributed by atoms with Crippen LogP contribution >= 0.6 is 23.5 Å². The van der Waals surface area contributed by atoms with E-state index in [-0.39, 0.29) is 29.5 Å². The Kier molecular flexibility index (Phi) is 2.79. The van der Waals surface area contributed by atoms with Crippen LogP contribution < -0.4 is 0 Å². The Morgan fingerprint density at radius 2 is 1.35 bits per heavy atom. The van der Waals surface area contributed by atoms with Gasteiger partial charge in [0.05, 0.1) is 0 Å². The number of aromatic nitrogens is 4. The molecule has 5 rings (SSSR count). The first kappa shape index (κ1) is 12.2. The fourth-order valence-electron chi connectivity index (χ4n) is 2.54. The number of hydrogen-bond acceptors (Lipinski definition) is 6. The third-order valence-corrected chi connectivity index (χ3v) is 9.74. The summed E-state index contributed by atoms with van der Waals surface area (Å²) < 4.78 is 11.2. The van der Waals surface area contributed by atoms with Gasteiger partial charge in [0.15, 0.2) is 0 Å². The molecule has 98 valence electrons. The van der Waals surface area contributed by atoms with Gasteiger partial charge in [0, 0.05) is 0 Å². The Morgan fingerprint density at radius 1 is 0.800 bits per heavy atom. The molecular formula is C12H6N4S2Se2. The SMILES string of the molecule is c1c2c(cc3c1CSc1[se]nnc1-3)-c1nn[se]c1SC2. The minimum atomic E-state index is 0.198. The van der Waals surface area contributed by atoms with E-state index in [2.05, 4.69) is 30.5 Å². The molecule has 0 aliphatic carbocycles. The Balaban J connectivity index is 1.80. The summed E-state index contributed by atoms with van der Waals surface area (Å²) in [4.78, 5) is 0. The molecule has 0 unspecified atom stereocenters. The molecule has 20 heavy (non-hydrogen) atoms. The van der Waals surface area contributed by atoms with Crippen molar-refractivity contribution in [2.75, 3.05) is 0 Å². The molecule has 0 spiro atoms. The predicted octanol–water partition coefficient (Wildman–Crippen LogP) is 1.93. The fourth-order valence-corrected chi connectivity index (χ4v) is 7.85. The molecule has 8 heteroatoms. The monoisotopic (exact) mass is 430 g/mol. The fraction of sp³-hybridized carbons (Fsp3) is 0.167. The van der Waals surface area contributed by atoms with E-state index in [0.717, 1.165) is 22.9 Å². The molecule has 0 radical (unpaired) electrons. The zero-order valence-corrected chi connectivity index (χ0v) is 15.0. The van der Waals surface area contributed by atoms with E-state index in [0.29, 0.717) is 0 Å². The number of rotatable bonds is 0. The topological polar surface area (TPSA) is 51.6 Å². The molecule has 2 aliphatic heterocycles. The van der Waals surface area contributed by atoms with E-state index in [1.807, 2.05) is 23.5 Å². The molecule has 0 bridgehead atoms. The second kappa shape index (κ2) is 4.57. The van der Waals surface area contributed by atoms with Crippen molar-refractivity contribution in [3.63, 3.8) is 0 Å². The standard InChI is InChI=1S/C12H6N4S2Se2/c1-5-3-17-11-9(13-15-19-11)7(5)2-8-6(1)4-18-12-10(8)14-16-20-12/h1-2H,3-4H2. The molecule has 2 aromatic heterocycles. The summed E-state index contributed by atoms with van der Waals surface area (Å²) in [5.41, 5.74) is 7.56. The molecular weight excluding hydrogens is 422 g/mol. The third-order valence-electron chi connectivity index (χ3n) is 3.47. The average Bonchev–Trinajstić information content (AvgIpc) is 3.13. The van der Waals surface area contributed by atoms with E-state index in [9.17, 15) is 0 Å². The number of nitrogens with zero attached hydrogens (tertiary/aromatic N) is 4. The molecule has 0 atom stereocenters. The number of benzene rings is 1. The summed E-state index contributed by atoms with van der Waals surface area (Å²) in [5, 5.41) is 8.75. The quantitative estimate of drug-likeness (QED) is 0.511. The third kappa shape index (κ3) is 1.70. The van der Waals surface area contributed by atoms with Crippen LogP contribution in [0.5, 0.6) is 0 Å². The van der Waals surface area contributed by atoms with Gasteiger partial charge in [0.2, 0.25) is 0 Å². The van der Waals surface area contributed by atoms with Crippen molar-refractivity contribution in [1.29, 1.82) is 0 Å². The van der Waals surface area contributed by atoms with Crippen LogP contribution in [0.25, 0.3) is 22.5 Å². The number of fused-ring (bicyclic) bond motifs is 6. The number of hydrogen-bond donors (Lipinski definition) is 0. The summed E-state index contributed by atoms with van der Waals surface area (Å²) in [5.74, 6) is 2.10. The van der Waals surface area contributed by atoms with E-state index < -0.39 is 0 Å². The second-order valence-electron chi connectivity index (χ2n) is 4.56. The zero-order valence-electron chi connectivity index (χ0n) is 9.99. The van der Waals surface area contributed by atoms with E-state index >= 15 is 0 Å². The normalized spacial score (nSPS) is 15.2. The van der Waals surface area contributed by atoms with Crippen molar-refractivity contribution in [2.24, 2.45) is 0 Å². The van der Waals surface area contributed by atoms with Gasteiger partial charge in [-0.3, -0.25) is 0 Å². The van der Waals surface area contributed by atoms with Crippen LogP contribution in [0.4, 0.5) is 0 Å². The summed E-state index contributed by atoms with van der Waals surface area (Å²) in [6.45, 7) is 0. The average molecular weight is 428 g/mol. The van der Waals surface area contributed by atoms with Crippen molar-refractivity contribution in [1.82, 2.24) is 18.4 Å². The summed E-state index contributed by atoms with van der Waals surface area (Å²) in [6, 6.07) is 4.63. The van der Waals surface area contributed by atoms with E-state index in [4.69, 9.17) is 0 Å². The van der Waals surface area contributed by atoms with Crippen molar-refractivity contribution >= 4 is 53.0 Å². The Hall–Kier alpha value is -0.361. The molecule has 0 saturated heterocycles. The molecule has 0 fully saturated rings. The van der Waals surface area contributed by atoms with Gasteiger partial charge in [0.25, 0.3) is 0 Å². The minimum absolute atomic E-state index is 0.198. The Morgan fingerprint density at radius 3 is 1.90 bits per heavy atom. The van der Waals surface area contributed by atoms with Gasteiger partial charge in [0.1, 0.15) is 0 Å². The van der Waals surface area contributed by atoms with Crippen molar-refractivity contribution in [3.8, 4) is 22.5 Å². The second-order valence-corrected chi connectivity index (χ2v) is 10.9. The molecule has 3 aromatic rings. The van der Waals surface area contributed by atoms with Crippen LogP contribution in [-0.2, 0) is 11.5 Å². The van der Waals surface area contributed by atoms with Gasteiger partial charge >= 0.3 is 136 Å². The van der Waals surface area contributed by atoms with Gasteiger partial charge < -0.3 is 0 Å². The molecule has 0 N–H and O–H groups in total. The van der Waals surface area contributed by atoms with Crippen molar-refractivity contribution in [2.45, 2.75) is 19.0 Å². The molecule has 0 amide bonds. The van der Waals surface area contributed by atoms with Gasteiger partial charge in [-0.1, -0.05) is 0 Å². The first-order chi connectivity index (χ1) is 9.90. The molecule has 2 aliphatic rings. The van der Waals surface area contributed by atoms with Gasteiger partial charge in [-0.05, 0) is 0 Å². The van der Waals surface area contributed by atoms with E-state index in [1.165, 1.54) is 29.8 Å². The van der Waals surface area contributed by atoms with Gasteiger partial charge in [-0.2, -0.15) is 0 Å². The molecule has 1 aromatic carbocycles. The van der Waals surface area contributed by atoms with E-state index in [1.54, 1.807) is 0 Å². The van der Waals surface area contributed by atoms with Gasteiger partial charge in [-0.25, -0.2) is 0 Å². The van der Waals surface area contributed by atoms with Crippen LogP contribution in [-0.4, -0.2) is 47.9 Å². The first-order valence-electron chi connectivity index (χ1n) is 5.97. The predicted molar refractivity (Wildman–Crippen MR) is 81.5 cm³/mol. The molecule has 0 saturated carbocycles. The molecule has 4 heterocycles. The van der Waals surface area contributed by atoms with Crippen molar-refractivity contribution in [3.05, 3.63) is 23.3 Å². The summed E-state index contributed by atoms with van der Waals surface area (Å²) in [6.07, 6.45) is 0. The van der Waals surface area contributed by atoms with Crippen LogP contribution in [0.15, 0.2) is 19.7 Å². The Labute approximate surface area is 135 Å². The van der Waals surface area contributed by atoms with Gasteiger partial charge in [-0.15, -0.1) is 0 Å². The summed E-state index contributed by atoms with van der Waals surface area (Å²) in [7, 11) is 0. The van der Waals surface area contributed by atoms with Crippen LogP contribution in [0, 0.1) is 0 Å². The summed E-state index contributed by atoms with van der Waals surface area (Å²) >= 11 is 4.21. The Bertz CT molecular complexity index is 776. The van der Waals surface area contributed by atoms with Crippen LogP contribution in [0.3, 0.4) is 0 Å². The zero-order chi connectivity index (χ0) is 13.1.